The van der Waals surface area contributed by atoms with Crippen LogP contribution in [0.25, 0.3) is 0 Å². The third-order valence-corrected chi connectivity index (χ3v) is 4.89. The molecule has 1 N–H and O–H groups in total. The average molecular weight is 226 g/mol. The van der Waals surface area contributed by atoms with Crippen molar-refractivity contribution in [2.75, 3.05) is 6.54 Å². The molecule has 0 saturated heterocycles. The normalized spacial score (nSPS) is 37.2. The van der Waals surface area contributed by atoms with E-state index >= 15 is 0 Å². The summed E-state index contributed by atoms with van der Waals surface area (Å²) in [4.78, 5) is 4.29. The maximum Gasteiger partial charge on any atom is 0.0827 e. The molecule has 2 heteroatoms. The highest BCUT2D eigenvalue weighted by Gasteiger charge is 2.57. The lowest BCUT2D eigenvalue weighted by molar-refractivity contribution is 0.358. The molecule has 17 heavy (non-hydrogen) atoms. The van der Waals surface area contributed by atoms with E-state index in [0.717, 1.165) is 12.5 Å². The number of hydrogen-bond donors (Lipinski definition) is 1. The highest BCUT2D eigenvalue weighted by atomic mass is 15.1. The molecular weight excluding hydrogens is 208 g/mol. The summed E-state index contributed by atoms with van der Waals surface area (Å²) in [6.45, 7) is 0.982. The Hall–Kier alpha value is -1.31. The molecule has 0 radical (unpaired) electrons. The maximum atomic E-state index is 4.29. The van der Waals surface area contributed by atoms with Gasteiger partial charge in [0.2, 0.25) is 0 Å². The van der Waals surface area contributed by atoms with Gasteiger partial charge >= 0.3 is 0 Å². The fourth-order valence-electron chi connectivity index (χ4n) is 3.88. The van der Waals surface area contributed by atoms with E-state index in [0.29, 0.717) is 11.5 Å². The van der Waals surface area contributed by atoms with Gasteiger partial charge in [-0.15, -0.1) is 0 Å². The van der Waals surface area contributed by atoms with Gasteiger partial charge in [0.1, 0.15) is 0 Å². The van der Waals surface area contributed by atoms with Crippen molar-refractivity contribution in [3.05, 3.63) is 35.4 Å². The van der Waals surface area contributed by atoms with Crippen molar-refractivity contribution >= 4 is 6.34 Å². The Morgan fingerprint density at radius 3 is 3.18 bits per heavy atom. The van der Waals surface area contributed by atoms with Gasteiger partial charge in [0.05, 0.1) is 12.9 Å². The molecule has 1 aliphatic heterocycles. The predicted molar refractivity (Wildman–Crippen MR) is 69.5 cm³/mol. The lowest BCUT2D eigenvalue weighted by Gasteiger charge is -2.26. The Morgan fingerprint density at radius 1 is 1.35 bits per heavy atom. The van der Waals surface area contributed by atoms with Crippen molar-refractivity contribution < 1.29 is 0 Å². The van der Waals surface area contributed by atoms with Gasteiger partial charge < -0.3 is 5.32 Å². The lowest BCUT2D eigenvalue weighted by atomic mass is 9.80. The first kappa shape index (κ1) is 9.69. The van der Waals surface area contributed by atoms with Crippen molar-refractivity contribution in [1.82, 2.24) is 5.32 Å². The quantitative estimate of drug-likeness (QED) is 0.823. The van der Waals surface area contributed by atoms with Crippen LogP contribution in [0, 0.1) is 5.41 Å². The predicted octanol–water partition coefficient (Wildman–Crippen LogP) is 2.50. The third-order valence-electron chi connectivity index (χ3n) is 4.89. The van der Waals surface area contributed by atoms with Crippen molar-refractivity contribution in [3.8, 4) is 0 Å². The zero-order chi connectivity index (χ0) is 11.3. The van der Waals surface area contributed by atoms with Gasteiger partial charge in [-0.1, -0.05) is 24.3 Å². The SMILES string of the molecule is C1=NC[C@@H](C[C@]23CCc4ccccc4C2C3)N1. The van der Waals surface area contributed by atoms with E-state index in [4.69, 9.17) is 0 Å². The summed E-state index contributed by atoms with van der Waals surface area (Å²) in [6.07, 6.45) is 7.26. The molecule has 3 atom stereocenters. The maximum absolute atomic E-state index is 4.29. The van der Waals surface area contributed by atoms with Crippen molar-refractivity contribution in [3.63, 3.8) is 0 Å². The summed E-state index contributed by atoms with van der Waals surface area (Å²) < 4.78 is 0. The second kappa shape index (κ2) is 3.34. The molecule has 1 aromatic rings. The van der Waals surface area contributed by atoms with E-state index in [1.165, 1.54) is 25.7 Å². The van der Waals surface area contributed by atoms with Gasteiger partial charge in [-0.3, -0.25) is 4.99 Å². The first-order chi connectivity index (χ1) is 8.37. The van der Waals surface area contributed by atoms with Crippen LogP contribution in [-0.4, -0.2) is 18.9 Å². The van der Waals surface area contributed by atoms with Crippen LogP contribution in [0.5, 0.6) is 0 Å². The fraction of sp³-hybridized carbons (Fsp3) is 0.533. The molecule has 1 unspecified atom stereocenters. The first-order valence-corrected chi connectivity index (χ1v) is 6.70. The number of benzene rings is 1. The average Bonchev–Trinajstić information content (AvgIpc) is 2.87. The molecule has 3 aliphatic rings. The highest BCUT2D eigenvalue weighted by molar-refractivity contribution is 5.57. The molecule has 0 bridgehead atoms. The van der Waals surface area contributed by atoms with E-state index in [2.05, 4.69) is 34.6 Å². The van der Waals surface area contributed by atoms with Crippen LogP contribution < -0.4 is 5.32 Å². The van der Waals surface area contributed by atoms with Gasteiger partial charge in [0.15, 0.2) is 0 Å². The Balaban J connectivity index is 1.56. The van der Waals surface area contributed by atoms with Crippen molar-refractivity contribution in [1.29, 1.82) is 0 Å². The van der Waals surface area contributed by atoms with Crippen LogP contribution in [0.4, 0.5) is 0 Å². The summed E-state index contributed by atoms with van der Waals surface area (Å²) in [5.74, 6) is 0.842. The van der Waals surface area contributed by atoms with E-state index in [1.54, 1.807) is 11.1 Å². The summed E-state index contributed by atoms with van der Waals surface area (Å²) in [6, 6.07) is 9.64. The lowest BCUT2D eigenvalue weighted by Crippen LogP contribution is -2.29. The van der Waals surface area contributed by atoms with Gasteiger partial charge in [-0.25, -0.2) is 0 Å². The van der Waals surface area contributed by atoms with Crippen LogP contribution in [0.2, 0.25) is 0 Å². The summed E-state index contributed by atoms with van der Waals surface area (Å²) in [5.41, 5.74) is 3.85. The van der Waals surface area contributed by atoms with E-state index in [1.807, 2.05) is 6.34 Å². The Kier molecular flexibility index (Phi) is 1.91. The number of fused-ring (bicyclic) bond motifs is 3. The van der Waals surface area contributed by atoms with Crippen LogP contribution in [0.1, 0.15) is 36.3 Å². The molecule has 0 amide bonds. The molecule has 1 fully saturated rings. The Morgan fingerprint density at radius 2 is 2.29 bits per heavy atom. The van der Waals surface area contributed by atoms with Gasteiger partial charge in [0, 0.05) is 6.04 Å². The number of nitrogens with one attached hydrogen (secondary N) is 1. The third kappa shape index (κ3) is 1.43. The van der Waals surface area contributed by atoms with Crippen molar-refractivity contribution in [2.45, 2.75) is 37.6 Å². The Labute approximate surface area is 102 Å². The zero-order valence-corrected chi connectivity index (χ0v) is 10.0. The summed E-state index contributed by atoms with van der Waals surface area (Å²) in [5, 5.41) is 3.39. The number of hydrogen-bond acceptors (Lipinski definition) is 2. The van der Waals surface area contributed by atoms with Crippen LogP contribution in [0.3, 0.4) is 0 Å². The standard InChI is InChI=1S/C15H18N2/c1-2-4-13-11(3-1)5-6-15(8-14(13)15)7-12-9-16-10-17-12/h1-4,10,12,14H,5-9H2,(H,16,17)/t12-,14?,15+/m1/s1. The minimum atomic E-state index is 0.602. The minimum Gasteiger partial charge on any atom is -0.372 e. The largest absolute Gasteiger partial charge is 0.372 e. The highest BCUT2D eigenvalue weighted by Crippen LogP contribution is 2.67. The Bertz CT molecular complexity index is 472. The molecule has 1 aromatic carbocycles. The van der Waals surface area contributed by atoms with Gasteiger partial charge in [-0.2, -0.15) is 0 Å². The van der Waals surface area contributed by atoms with E-state index < -0.39 is 0 Å². The molecule has 0 spiro atoms. The molecule has 88 valence electrons. The zero-order valence-electron chi connectivity index (χ0n) is 10.0. The molecule has 1 saturated carbocycles. The minimum absolute atomic E-state index is 0.602. The smallest absolute Gasteiger partial charge is 0.0827 e. The molecular formula is C15H18N2. The molecule has 4 rings (SSSR count). The fourth-order valence-corrected chi connectivity index (χ4v) is 3.88. The van der Waals surface area contributed by atoms with E-state index in [9.17, 15) is 0 Å². The van der Waals surface area contributed by atoms with Gasteiger partial charge in [-0.05, 0) is 48.1 Å². The van der Waals surface area contributed by atoms with Crippen LogP contribution in [-0.2, 0) is 6.42 Å². The first-order valence-electron chi connectivity index (χ1n) is 6.70. The molecule has 2 aliphatic carbocycles. The summed E-state index contributed by atoms with van der Waals surface area (Å²) >= 11 is 0. The topological polar surface area (TPSA) is 24.4 Å². The number of rotatable bonds is 2. The number of aliphatic imine (C=N–C) groups is 1. The monoisotopic (exact) mass is 226 g/mol. The molecule has 1 heterocycles. The van der Waals surface area contributed by atoms with Gasteiger partial charge in [0.25, 0.3) is 0 Å². The number of aryl methyl sites for hydroxylation is 1. The molecule has 2 nitrogen and oxygen atoms in total. The second-order valence-corrected chi connectivity index (χ2v) is 5.88. The molecule has 0 aromatic heterocycles. The van der Waals surface area contributed by atoms with E-state index in [-0.39, 0.29) is 0 Å². The van der Waals surface area contributed by atoms with Crippen LogP contribution in [0.15, 0.2) is 29.3 Å². The summed E-state index contributed by atoms with van der Waals surface area (Å²) in [7, 11) is 0. The number of nitrogens with zero attached hydrogens (tertiary/aromatic N) is 1. The van der Waals surface area contributed by atoms with Crippen LogP contribution >= 0.6 is 0 Å². The van der Waals surface area contributed by atoms with Crippen molar-refractivity contribution in [2.24, 2.45) is 10.4 Å². The second-order valence-electron chi connectivity index (χ2n) is 5.88.